The molecule has 0 aromatic heterocycles. The summed E-state index contributed by atoms with van der Waals surface area (Å²) in [6, 6.07) is 10.9. The summed E-state index contributed by atoms with van der Waals surface area (Å²) in [5, 5.41) is 9.09. The van der Waals surface area contributed by atoms with Crippen LogP contribution in [0.2, 0.25) is 0 Å². The Hall–Kier alpha value is -1.49. The molecule has 0 bridgehead atoms. The van der Waals surface area contributed by atoms with Gasteiger partial charge in [0.05, 0.1) is 6.07 Å². The molecule has 0 amide bonds. The molecular weight excluding hydrogens is 184 g/mol. The van der Waals surface area contributed by atoms with Gasteiger partial charge in [-0.15, -0.1) is 0 Å². The molecule has 2 rings (SSSR count). The summed E-state index contributed by atoms with van der Waals surface area (Å²) in [6.07, 6.45) is 3.39. The van der Waals surface area contributed by atoms with E-state index in [-0.39, 0.29) is 6.04 Å². The van der Waals surface area contributed by atoms with Crippen LogP contribution in [0.25, 0.3) is 0 Å². The molecular formula is C13H16N2. The van der Waals surface area contributed by atoms with Crippen LogP contribution in [0.1, 0.15) is 24.8 Å². The van der Waals surface area contributed by atoms with Crippen molar-refractivity contribution in [3.05, 3.63) is 29.8 Å². The third kappa shape index (κ3) is 2.12. The van der Waals surface area contributed by atoms with Gasteiger partial charge in [-0.1, -0.05) is 17.7 Å². The number of anilines is 1. The molecule has 1 heterocycles. The van der Waals surface area contributed by atoms with Gasteiger partial charge in [-0.3, -0.25) is 0 Å². The van der Waals surface area contributed by atoms with E-state index in [1.807, 2.05) is 0 Å². The Morgan fingerprint density at radius 1 is 1.27 bits per heavy atom. The third-order valence-corrected chi connectivity index (χ3v) is 3.02. The maximum absolute atomic E-state index is 9.09. The molecule has 1 unspecified atom stereocenters. The van der Waals surface area contributed by atoms with Crippen molar-refractivity contribution >= 4 is 5.69 Å². The fraction of sp³-hybridized carbons (Fsp3) is 0.462. The lowest BCUT2D eigenvalue weighted by molar-refractivity contribution is 0.521. The maximum atomic E-state index is 9.09. The largest absolute Gasteiger partial charge is 0.356 e. The fourth-order valence-electron chi connectivity index (χ4n) is 2.11. The molecule has 0 aliphatic carbocycles. The average Bonchev–Trinajstić information content (AvgIpc) is 2.30. The summed E-state index contributed by atoms with van der Waals surface area (Å²) in [5.41, 5.74) is 2.45. The lowest BCUT2D eigenvalue weighted by Crippen LogP contribution is -2.38. The second kappa shape index (κ2) is 4.35. The molecule has 15 heavy (non-hydrogen) atoms. The van der Waals surface area contributed by atoms with Gasteiger partial charge in [-0.25, -0.2) is 0 Å². The summed E-state index contributed by atoms with van der Waals surface area (Å²) >= 11 is 0. The Kier molecular flexibility index (Phi) is 2.91. The molecule has 0 saturated carbocycles. The number of benzene rings is 1. The molecule has 0 spiro atoms. The number of hydrogen-bond donors (Lipinski definition) is 0. The van der Waals surface area contributed by atoms with Crippen molar-refractivity contribution in [3.8, 4) is 6.07 Å². The zero-order chi connectivity index (χ0) is 10.7. The van der Waals surface area contributed by atoms with Crippen LogP contribution in [0.15, 0.2) is 24.3 Å². The summed E-state index contributed by atoms with van der Waals surface area (Å²) in [5.74, 6) is 0. The fourth-order valence-corrected chi connectivity index (χ4v) is 2.11. The standard InChI is InChI=1S/C13H16N2/c1-11-5-7-12(8-6-11)15-9-3-2-4-13(15)10-14/h5-8,13H,2-4,9H2,1H3. The molecule has 1 aliphatic rings. The van der Waals surface area contributed by atoms with Gasteiger partial charge in [0.15, 0.2) is 0 Å². The first kappa shape index (κ1) is 10.0. The van der Waals surface area contributed by atoms with Crippen molar-refractivity contribution in [2.75, 3.05) is 11.4 Å². The first-order chi connectivity index (χ1) is 7.31. The Morgan fingerprint density at radius 3 is 2.67 bits per heavy atom. The number of rotatable bonds is 1. The van der Waals surface area contributed by atoms with Gasteiger partial charge in [0.1, 0.15) is 6.04 Å². The highest BCUT2D eigenvalue weighted by Gasteiger charge is 2.21. The van der Waals surface area contributed by atoms with E-state index in [4.69, 9.17) is 5.26 Å². The lowest BCUT2D eigenvalue weighted by atomic mass is 10.0. The van der Waals surface area contributed by atoms with Gasteiger partial charge in [0, 0.05) is 12.2 Å². The van der Waals surface area contributed by atoms with E-state index in [1.165, 1.54) is 24.1 Å². The highest BCUT2D eigenvalue weighted by atomic mass is 15.2. The first-order valence-corrected chi connectivity index (χ1v) is 5.54. The molecule has 0 radical (unpaired) electrons. The van der Waals surface area contributed by atoms with Crippen LogP contribution in [0.5, 0.6) is 0 Å². The number of nitriles is 1. The highest BCUT2D eigenvalue weighted by Crippen LogP contribution is 2.24. The third-order valence-electron chi connectivity index (χ3n) is 3.02. The van der Waals surface area contributed by atoms with Crippen LogP contribution in [-0.4, -0.2) is 12.6 Å². The summed E-state index contributed by atoms with van der Waals surface area (Å²) < 4.78 is 0. The SMILES string of the molecule is Cc1ccc(N2CCCCC2C#N)cc1. The zero-order valence-corrected chi connectivity index (χ0v) is 9.11. The molecule has 1 aliphatic heterocycles. The minimum absolute atomic E-state index is 0.0708. The molecule has 1 aromatic carbocycles. The van der Waals surface area contributed by atoms with Crippen molar-refractivity contribution in [1.82, 2.24) is 0 Å². The van der Waals surface area contributed by atoms with Crippen LogP contribution in [0.4, 0.5) is 5.69 Å². The average molecular weight is 200 g/mol. The summed E-state index contributed by atoms with van der Waals surface area (Å²) in [7, 11) is 0. The minimum Gasteiger partial charge on any atom is -0.356 e. The van der Waals surface area contributed by atoms with Crippen LogP contribution >= 0.6 is 0 Å². The van der Waals surface area contributed by atoms with Crippen molar-refractivity contribution in [1.29, 1.82) is 5.26 Å². The first-order valence-electron chi connectivity index (χ1n) is 5.54. The minimum atomic E-state index is 0.0708. The predicted molar refractivity (Wildman–Crippen MR) is 61.8 cm³/mol. The Labute approximate surface area is 91.1 Å². The lowest BCUT2D eigenvalue weighted by Gasteiger charge is -2.33. The van der Waals surface area contributed by atoms with Gasteiger partial charge in [0.2, 0.25) is 0 Å². The van der Waals surface area contributed by atoms with Crippen LogP contribution in [-0.2, 0) is 0 Å². The van der Waals surface area contributed by atoms with E-state index in [1.54, 1.807) is 0 Å². The second-order valence-corrected chi connectivity index (χ2v) is 4.17. The van der Waals surface area contributed by atoms with Crippen LogP contribution < -0.4 is 4.90 Å². The Bertz CT molecular complexity index is 361. The van der Waals surface area contributed by atoms with Gasteiger partial charge in [-0.05, 0) is 38.3 Å². The van der Waals surface area contributed by atoms with Gasteiger partial charge < -0.3 is 4.90 Å². The van der Waals surface area contributed by atoms with E-state index in [0.717, 1.165) is 13.0 Å². The van der Waals surface area contributed by atoms with E-state index in [2.05, 4.69) is 42.2 Å². The van der Waals surface area contributed by atoms with Crippen molar-refractivity contribution in [2.24, 2.45) is 0 Å². The zero-order valence-electron chi connectivity index (χ0n) is 9.11. The molecule has 1 fully saturated rings. The Balaban J connectivity index is 2.21. The van der Waals surface area contributed by atoms with Crippen LogP contribution in [0.3, 0.4) is 0 Å². The molecule has 0 N–H and O–H groups in total. The molecule has 2 nitrogen and oxygen atoms in total. The molecule has 78 valence electrons. The monoisotopic (exact) mass is 200 g/mol. The molecule has 1 aromatic rings. The van der Waals surface area contributed by atoms with E-state index < -0.39 is 0 Å². The quantitative estimate of drug-likeness (QED) is 0.697. The normalized spacial score (nSPS) is 21.1. The number of aryl methyl sites for hydroxylation is 1. The highest BCUT2D eigenvalue weighted by molar-refractivity contribution is 5.50. The van der Waals surface area contributed by atoms with Crippen LogP contribution in [0, 0.1) is 18.3 Å². The maximum Gasteiger partial charge on any atom is 0.116 e. The van der Waals surface area contributed by atoms with Gasteiger partial charge in [0.25, 0.3) is 0 Å². The summed E-state index contributed by atoms with van der Waals surface area (Å²) in [6.45, 7) is 3.10. The van der Waals surface area contributed by atoms with Crippen molar-refractivity contribution < 1.29 is 0 Å². The van der Waals surface area contributed by atoms with Crippen molar-refractivity contribution in [3.63, 3.8) is 0 Å². The Morgan fingerprint density at radius 2 is 2.00 bits per heavy atom. The number of nitrogens with zero attached hydrogens (tertiary/aromatic N) is 2. The van der Waals surface area contributed by atoms with E-state index in [9.17, 15) is 0 Å². The smallest absolute Gasteiger partial charge is 0.116 e. The molecule has 1 atom stereocenters. The van der Waals surface area contributed by atoms with Gasteiger partial charge in [-0.2, -0.15) is 5.26 Å². The predicted octanol–water partition coefficient (Wildman–Crippen LogP) is 2.88. The topological polar surface area (TPSA) is 27.0 Å². The number of hydrogen-bond acceptors (Lipinski definition) is 2. The molecule has 2 heteroatoms. The van der Waals surface area contributed by atoms with Crippen molar-refractivity contribution in [2.45, 2.75) is 32.2 Å². The van der Waals surface area contributed by atoms with E-state index >= 15 is 0 Å². The van der Waals surface area contributed by atoms with E-state index in [0.29, 0.717) is 0 Å². The number of piperidine rings is 1. The summed E-state index contributed by atoms with van der Waals surface area (Å²) in [4.78, 5) is 2.23. The molecule has 1 saturated heterocycles. The second-order valence-electron chi connectivity index (χ2n) is 4.17. The van der Waals surface area contributed by atoms with Gasteiger partial charge >= 0.3 is 0 Å².